The van der Waals surface area contributed by atoms with Crippen molar-refractivity contribution in [2.24, 2.45) is 7.05 Å². The topological polar surface area (TPSA) is 42.3 Å². The third-order valence-electron chi connectivity index (χ3n) is 2.89. The fraction of sp³-hybridized carbons (Fsp3) is 0.143. The van der Waals surface area contributed by atoms with Gasteiger partial charge in [0.15, 0.2) is 0 Å². The van der Waals surface area contributed by atoms with Gasteiger partial charge in [-0.05, 0) is 24.3 Å². The van der Waals surface area contributed by atoms with Gasteiger partial charge in [-0.2, -0.15) is 0 Å². The van der Waals surface area contributed by atoms with Crippen molar-refractivity contribution in [3.8, 4) is 0 Å². The number of rotatable bonds is 2. The van der Waals surface area contributed by atoms with Crippen LogP contribution >= 0.6 is 23.2 Å². The van der Waals surface area contributed by atoms with E-state index in [4.69, 9.17) is 23.2 Å². The van der Waals surface area contributed by atoms with Crippen LogP contribution in [0.1, 0.15) is 10.4 Å². The van der Waals surface area contributed by atoms with Crippen LogP contribution in [-0.2, 0) is 7.05 Å². The highest BCUT2D eigenvalue weighted by Crippen LogP contribution is 2.25. The van der Waals surface area contributed by atoms with Crippen molar-refractivity contribution in [2.45, 2.75) is 0 Å². The summed E-state index contributed by atoms with van der Waals surface area (Å²) in [5.41, 5.74) is 0.633. The van der Waals surface area contributed by atoms with Crippen LogP contribution in [0.2, 0.25) is 10.0 Å². The summed E-state index contributed by atoms with van der Waals surface area (Å²) in [7, 11) is 3.22. The Balaban J connectivity index is 2.36. The monoisotopic (exact) mass is 310 g/mol. The number of anilines is 1. The average molecular weight is 311 g/mol. The molecule has 0 saturated heterocycles. The summed E-state index contributed by atoms with van der Waals surface area (Å²) < 4.78 is 1.40. The number of carbonyl (C=O) groups excluding carboxylic acids is 1. The molecule has 6 heteroatoms. The number of benzene rings is 1. The van der Waals surface area contributed by atoms with Crippen LogP contribution < -0.4 is 10.5 Å². The van der Waals surface area contributed by atoms with Crippen molar-refractivity contribution in [1.29, 1.82) is 0 Å². The number of hydrogen-bond acceptors (Lipinski definition) is 2. The molecular formula is C14H12Cl2N2O2. The van der Waals surface area contributed by atoms with Crippen molar-refractivity contribution in [1.82, 2.24) is 4.57 Å². The van der Waals surface area contributed by atoms with Crippen molar-refractivity contribution < 1.29 is 4.79 Å². The second kappa shape index (κ2) is 5.69. The van der Waals surface area contributed by atoms with Crippen LogP contribution in [0.4, 0.5) is 5.69 Å². The van der Waals surface area contributed by atoms with E-state index < -0.39 is 0 Å². The minimum absolute atomic E-state index is 0.242. The van der Waals surface area contributed by atoms with Gasteiger partial charge in [-0.3, -0.25) is 9.59 Å². The summed E-state index contributed by atoms with van der Waals surface area (Å²) in [5.74, 6) is -0.305. The number of aromatic nitrogens is 1. The molecule has 0 bridgehead atoms. The first kappa shape index (κ1) is 14.6. The van der Waals surface area contributed by atoms with E-state index in [1.165, 1.54) is 15.5 Å². The molecule has 1 amide bonds. The van der Waals surface area contributed by atoms with Gasteiger partial charge in [0.25, 0.3) is 11.5 Å². The number of nitrogens with zero attached hydrogens (tertiary/aromatic N) is 2. The van der Waals surface area contributed by atoms with Crippen LogP contribution in [0, 0.1) is 0 Å². The van der Waals surface area contributed by atoms with Crippen LogP contribution in [0.25, 0.3) is 0 Å². The zero-order chi connectivity index (χ0) is 14.9. The predicted molar refractivity (Wildman–Crippen MR) is 80.9 cm³/mol. The van der Waals surface area contributed by atoms with Gasteiger partial charge in [-0.15, -0.1) is 0 Å². The van der Waals surface area contributed by atoms with Gasteiger partial charge in [0.05, 0.1) is 0 Å². The van der Waals surface area contributed by atoms with Crippen molar-refractivity contribution in [3.63, 3.8) is 0 Å². The molecule has 2 aromatic rings. The molecule has 0 N–H and O–H groups in total. The van der Waals surface area contributed by atoms with E-state index >= 15 is 0 Å². The highest BCUT2D eigenvalue weighted by atomic mass is 35.5. The fourth-order valence-corrected chi connectivity index (χ4v) is 2.24. The van der Waals surface area contributed by atoms with Gasteiger partial charge >= 0.3 is 0 Å². The average Bonchev–Trinajstić information content (AvgIpc) is 2.39. The maximum absolute atomic E-state index is 12.3. The maximum Gasteiger partial charge on any atom is 0.258 e. The predicted octanol–water partition coefficient (Wildman–Crippen LogP) is 2.97. The van der Waals surface area contributed by atoms with Crippen LogP contribution in [0.3, 0.4) is 0 Å². The normalized spacial score (nSPS) is 10.4. The van der Waals surface area contributed by atoms with Crippen molar-refractivity contribution in [3.05, 3.63) is 62.5 Å². The lowest BCUT2D eigenvalue weighted by atomic mass is 10.2. The lowest BCUT2D eigenvalue weighted by Gasteiger charge is -2.18. The van der Waals surface area contributed by atoms with E-state index in [0.717, 1.165) is 0 Å². The minimum Gasteiger partial charge on any atom is -0.319 e. The Morgan fingerprint density at radius 1 is 1.15 bits per heavy atom. The molecule has 0 atom stereocenters. The Hall–Kier alpha value is -1.78. The fourth-order valence-electron chi connectivity index (χ4n) is 1.73. The second-order valence-electron chi connectivity index (χ2n) is 4.36. The molecule has 4 nitrogen and oxygen atoms in total. The number of amides is 1. The van der Waals surface area contributed by atoms with Crippen molar-refractivity contribution >= 4 is 34.8 Å². The quantitative estimate of drug-likeness (QED) is 0.856. The highest BCUT2D eigenvalue weighted by Gasteiger charge is 2.15. The zero-order valence-corrected chi connectivity index (χ0v) is 12.4. The third-order valence-corrected chi connectivity index (χ3v) is 3.33. The zero-order valence-electron chi connectivity index (χ0n) is 10.9. The molecular weight excluding hydrogens is 299 g/mol. The first-order chi connectivity index (χ1) is 9.38. The Kier molecular flexibility index (Phi) is 4.16. The third kappa shape index (κ3) is 3.03. The first-order valence-corrected chi connectivity index (χ1v) is 6.55. The Morgan fingerprint density at radius 2 is 1.75 bits per heavy atom. The van der Waals surface area contributed by atoms with Crippen LogP contribution in [0.15, 0.2) is 41.3 Å². The molecule has 0 unspecified atom stereocenters. The number of carbonyl (C=O) groups is 1. The SMILES string of the molecule is CN(C(=O)c1ccn(C)c(=O)c1)c1cc(Cl)cc(Cl)c1. The minimum atomic E-state index is -0.305. The molecule has 0 radical (unpaired) electrons. The molecule has 2 rings (SSSR count). The Bertz CT molecular complexity index is 705. The molecule has 0 fully saturated rings. The van der Waals surface area contributed by atoms with Gasteiger partial charge in [-0.25, -0.2) is 0 Å². The molecule has 1 aromatic heterocycles. The van der Waals surface area contributed by atoms with E-state index in [0.29, 0.717) is 21.3 Å². The molecule has 1 heterocycles. The summed E-state index contributed by atoms with van der Waals surface area (Å²) in [4.78, 5) is 25.3. The summed E-state index contributed by atoms with van der Waals surface area (Å²) in [5, 5.41) is 0.882. The van der Waals surface area contributed by atoms with Gasteiger partial charge in [0.2, 0.25) is 0 Å². The second-order valence-corrected chi connectivity index (χ2v) is 5.23. The summed E-state index contributed by atoms with van der Waals surface area (Å²) in [6.07, 6.45) is 1.55. The summed E-state index contributed by atoms with van der Waals surface area (Å²) in [6, 6.07) is 7.74. The Morgan fingerprint density at radius 3 is 2.30 bits per heavy atom. The number of hydrogen-bond donors (Lipinski definition) is 0. The molecule has 104 valence electrons. The number of pyridine rings is 1. The van der Waals surface area contributed by atoms with Gasteiger partial charge in [-0.1, -0.05) is 23.2 Å². The molecule has 0 aliphatic carbocycles. The molecule has 0 saturated carbocycles. The first-order valence-electron chi connectivity index (χ1n) is 5.79. The van der Waals surface area contributed by atoms with Gasteiger partial charge < -0.3 is 9.47 Å². The van der Waals surface area contributed by atoms with Gasteiger partial charge in [0, 0.05) is 47.7 Å². The molecule has 20 heavy (non-hydrogen) atoms. The number of aryl methyl sites for hydroxylation is 1. The van der Waals surface area contributed by atoms with E-state index in [-0.39, 0.29) is 11.5 Å². The van der Waals surface area contributed by atoms with E-state index in [2.05, 4.69) is 0 Å². The van der Waals surface area contributed by atoms with E-state index in [1.54, 1.807) is 44.6 Å². The lowest BCUT2D eigenvalue weighted by molar-refractivity contribution is 0.0992. The van der Waals surface area contributed by atoms with Gasteiger partial charge in [0.1, 0.15) is 0 Å². The van der Waals surface area contributed by atoms with Crippen LogP contribution in [-0.4, -0.2) is 17.5 Å². The summed E-state index contributed by atoms with van der Waals surface area (Å²) >= 11 is 11.8. The smallest absolute Gasteiger partial charge is 0.258 e. The van der Waals surface area contributed by atoms with Crippen molar-refractivity contribution in [2.75, 3.05) is 11.9 Å². The maximum atomic E-state index is 12.3. The molecule has 0 aliphatic rings. The largest absolute Gasteiger partial charge is 0.319 e. The highest BCUT2D eigenvalue weighted by molar-refractivity contribution is 6.35. The molecule has 0 aliphatic heterocycles. The standard InChI is InChI=1S/C14H12Cl2N2O2/c1-17-4-3-9(5-13(17)19)14(20)18(2)12-7-10(15)6-11(16)8-12/h3-8H,1-2H3. The van der Waals surface area contributed by atoms with Crippen LogP contribution in [0.5, 0.6) is 0 Å². The molecule has 1 aromatic carbocycles. The van der Waals surface area contributed by atoms with E-state index in [9.17, 15) is 9.59 Å². The lowest BCUT2D eigenvalue weighted by Crippen LogP contribution is -2.28. The summed E-state index contributed by atoms with van der Waals surface area (Å²) in [6.45, 7) is 0. The Labute approximate surface area is 126 Å². The molecule has 0 spiro atoms. The van der Waals surface area contributed by atoms with E-state index in [1.807, 2.05) is 0 Å². The number of halogens is 2.